The minimum atomic E-state index is -0.0228. The second-order valence-corrected chi connectivity index (χ2v) is 7.54. The summed E-state index contributed by atoms with van der Waals surface area (Å²) in [5, 5.41) is 11.9. The van der Waals surface area contributed by atoms with Crippen molar-refractivity contribution in [3.8, 4) is 17.0 Å². The molecule has 1 aromatic heterocycles. The van der Waals surface area contributed by atoms with Crippen molar-refractivity contribution in [2.75, 3.05) is 30.4 Å². The number of para-hydroxylation sites is 2. The van der Waals surface area contributed by atoms with Crippen molar-refractivity contribution in [1.82, 2.24) is 10.2 Å². The number of benzene rings is 2. The molecule has 2 heterocycles. The monoisotopic (exact) mass is 402 g/mol. The molecule has 4 rings (SSSR count). The van der Waals surface area contributed by atoms with E-state index in [0.717, 1.165) is 43.0 Å². The Kier molecular flexibility index (Phi) is 5.93. The summed E-state index contributed by atoms with van der Waals surface area (Å²) < 4.78 is 5.32. The number of hydrogen-bond donors (Lipinski definition) is 1. The number of hydrogen-bond acceptors (Lipinski definition) is 5. The highest BCUT2D eigenvalue weighted by atomic mass is 16.5. The van der Waals surface area contributed by atoms with Gasteiger partial charge in [0, 0.05) is 24.6 Å². The van der Waals surface area contributed by atoms with Gasteiger partial charge >= 0.3 is 0 Å². The summed E-state index contributed by atoms with van der Waals surface area (Å²) in [4.78, 5) is 14.9. The summed E-state index contributed by atoms with van der Waals surface area (Å²) >= 11 is 0. The molecule has 0 saturated carbocycles. The van der Waals surface area contributed by atoms with Gasteiger partial charge in [0.2, 0.25) is 5.91 Å². The smallest absolute Gasteiger partial charge is 0.227 e. The fraction of sp³-hybridized carbons (Fsp3) is 0.292. The molecule has 0 atom stereocenters. The molecule has 30 heavy (non-hydrogen) atoms. The number of methoxy groups -OCH3 is 1. The van der Waals surface area contributed by atoms with Gasteiger partial charge in [-0.25, -0.2) is 0 Å². The van der Waals surface area contributed by atoms with Crippen LogP contribution < -0.4 is 15.0 Å². The lowest BCUT2D eigenvalue weighted by molar-refractivity contribution is -0.120. The van der Waals surface area contributed by atoms with Crippen LogP contribution in [0.5, 0.6) is 5.75 Å². The zero-order chi connectivity index (χ0) is 20.9. The molecule has 1 aliphatic rings. The van der Waals surface area contributed by atoms with Gasteiger partial charge in [-0.15, -0.1) is 10.2 Å². The van der Waals surface area contributed by atoms with Crippen LogP contribution in [0.1, 0.15) is 18.4 Å². The number of piperidine rings is 1. The molecular formula is C24H26N4O2. The third kappa shape index (κ3) is 4.27. The molecule has 0 aliphatic carbocycles. The van der Waals surface area contributed by atoms with E-state index in [0.29, 0.717) is 11.4 Å². The lowest BCUT2D eigenvalue weighted by Gasteiger charge is -2.32. The van der Waals surface area contributed by atoms with E-state index < -0.39 is 0 Å². The normalized spacial score (nSPS) is 14.4. The molecule has 1 fully saturated rings. The lowest BCUT2D eigenvalue weighted by Crippen LogP contribution is -2.38. The van der Waals surface area contributed by atoms with Gasteiger partial charge in [-0.1, -0.05) is 36.4 Å². The molecule has 1 amide bonds. The highest BCUT2D eigenvalue weighted by Gasteiger charge is 2.26. The molecule has 154 valence electrons. The van der Waals surface area contributed by atoms with Crippen LogP contribution in [0.15, 0.2) is 60.7 Å². The van der Waals surface area contributed by atoms with Crippen molar-refractivity contribution in [3.63, 3.8) is 0 Å². The van der Waals surface area contributed by atoms with Crippen LogP contribution in [0, 0.1) is 12.8 Å². The Labute approximate surface area is 176 Å². The average molecular weight is 402 g/mol. The van der Waals surface area contributed by atoms with E-state index in [-0.39, 0.29) is 11.8 Å². The molecule has 1 N–H and O–H groups in total. The molecule has 1 saturated heterocycles. The molecule has 6 nitrogen and oxygen atoms in total. The van der Waals surface area contributed by atoms with Gasteiger partial charge in [-0.2, -0.15) is 0 Å². The maximum atomic E-state index is 12.7. The number of carbonyl (C=O) groups is 1. The zero-order valence-corrected chi connectivity index (χ0v) is 17.3. The maximum Gasteiger partial charge on any atom is 0.227 e. The Hall–Kier alpha value is -3.41. The zero-order valence-electron chi connectivity index (χ0n) is 17.3. The quantitative estimate of drug-likeness (QED) is 0.689. The number of aryl methyl sites for hydroxylation is 1. The first-order valence-corrected chi connectivity index (χ1v) is 10.2. The fourth-order valence-electron chi connectivity index (χ4n) is 3.85. The Bertz CT molecular complexity index is 1010. The Morgan fingerprint density at radius 1 is 1.00 bits per heavy atom. The van der Waals surface area contributed by atoms with Crippen LogP contribution in [-0.2, 0) is 4.79 Å². The maximum absolute atomic E-state index is 12.7. The molecule has 1 aliphatic heterocycles. The van der Waals surface area contributed by atoms with E-state index in [4.69, 9.17) is 4.74 Å². The van der Waals surface area contributed by atoms with Gasteiger partial charge in [0.05, 0.1) is 18.5 Å². The largest absolute Gasteiger partial charge is 0.495 e. The van der Waals surface area contributed by atoms with E-state index in [9.17, 15) is 4.79 Å². The lowest BCUT2D eigenvalue weighted by atomic mass is 9.95. The number of nitrogens with one attached hydrogen (secondary N) is 1. The van der Waals surface area contributed by atoms with E-state index in [1.165, 1.54) is 5.56 Å². The van der Waals surface area contributed by atoms with Crippen LogP contribution in [0.3, 0.4) is 0 Å². The summed E-state index contributed by atoms with van der Waals surface area (Å²) in [6, 6.07) is 19.7. The highest BCUT2D eigenvalue weighted by Crippen LogP contribution is 2.27. The van der Waals surface area contributed by atoms with E-state index in [2.05, 4.69) is 39.5 Å². The van der Waals surface area contributed by atoms with Crippen LogP contribution >= 0.6 is 0 Å². The van der Waals surface area contributed by atoms with Gasteiger partial charge in [-0.05, 0) is 49.6 Å². The standard InChI is InChI=1S/C24H26N4O2/c1-17-7-3-4-8-19(17)20-11-12-23(27-26-20)28-15-13-18(14-16-28)24(29)25-21-9-5-6-10-22(21)30-2/h3-12,18H,13-16H2,1-2H3,(H,25,29). The Balaban J connectivity index is 1.36. The van der Waals surface area contributed by atoms with Crippen LogP contribution in [0.4, 0.5) is 11.5 Å². The second-order valence-electron chi connectivity index (χ2n) is 7.54. The molecule has 0 spiro atoms. The summed E-state index contributed by atoms with van der Waals surface area (Å²) in [5.41, 5.74) is 3.87. The highest BCUT2D eigenvalue weighted by molar-refractivity contribution is 5.94. The third-order valence-corrected chi connectivity index (χ3v) is 5.63. The van der Waals surface area contributed by atoms with Crippen LogP contribution in [0.25, 0.3) is 11.3 Å². The second kappa shape index (κ2) is 8.95. The first-order valence-electron chi connectivity index (χ1n) is 10.2. The molecule has 6 heteroatoms. The number of aromatic nitrogens is 2. The minimum absolute atomic E-state index is 0.0228. The molecule has 0 radical (unpaired) electrons. The topological polar surface area (TPSA) is 67.3 Å². The Morgan fingerprint density at radius 3 is 2.43 bits per heavy atom. The van der Waals surface area contributed by atoms with Gasteiger partial charge in [0.25, 0.3) is 0 Å². The molecule has 0 unspecified atom stereocenters. The predicted molar refractivity (Wildman–Crippen MR) is 119 cm³/mol. The van der Waals surface area contributed by atoms with Crippen molar-refractivity contribution >= 4 is 17.4 Å². The SMILES string of the molecule is COc1ccccc1NC(=O)C1CCN(c2ccc(-c3ccccc3C)nn2)CC1. The molecular weight excluding hydrogens is 376 g/mol. The Morgan fingerprint density at radius 2 is 1.73 bits per heavy atom. The van der Waals surface area contributed by atoms with Crippen LogP contribution in [-0.4, -0.2) is 36.3 Å². The molecule has 0 bridgehead atoms. The van der Waals surface area contributed by atoms with Gasteiger partial charge in [-0.3, -0.25) is 4.79 Å². The van der Waals surface area contributed by atoms with Crippen molar-refractivity contribution in [1.29, 1.82) is 0 Å². The first kappa shape index (κ1) is 19.9. The summed E-state index contributed by atoms with van der Waals surface area (Å²) in [6.07, 6.45) is 1.56. The van der Waals surface area contributed by atoms with Crippen molar-refractivity contribution in [3.05, 3.63) is 66.2 Å². The fourth-order valence-corrected chi connectivity index (χ4v) is 3.85. The van der Waals surface area contributed by atoms with Gasteiger partial charge in [0.1, 0.15) is 5.75 Å². The molecule has 2 aromatic carbocycles. The summed E-state index contributed by atoms with van der Waals surface area (Å²) in [5.74, 6) is 1.55. The van der Waals surface area contributed by atoms with E-state index >= 15 is 0 Å². The number of ether oxygens (including phenoxy) is 1. The van der Waals surface area contributed by atoms with E-state index in [1.807, 2.05) is 48.5 Å². The first-order chi connectivity index (χ1) is 14.7. The molecule has 3 aromatic rings. The number of anilines is 2. The van der Waals surface area contributed by atoms with Crippen LogP contribution in [0.2, 0.25) is 0 Å². The van der Waals surface area contributed by atoms with Crippen molar-refractivity contribution in [2.45, 2.75) is 19.8 Å². The average Bonchev–Trinajstić information content (AvgIpc) is 2.80. The predicted octanol–water partition coefficient (Wildman–Crippen LogP) is 4.32. The number of rotatable bonds is 5. The van der Waals surface area contributed by atoms with Gasteiger partial charge in [0.15, 0.2) is 5.82 Å². The summed E-state index contributed by atoms with van der Waals surface area (Å²) in [7, 11) is 1.61. The van der Waals surface area contributed by atoms with Crippen molar-refractivity contribution in [2.24, 2.45) is 5.92 Å². The van der Waals surface area contributed by atoms with E-state index in [1.54, 1.807) is 7.11 Å². The van der Waals surface area contributed by atoms with Gasteiger partial charge < -0.3 is 15.0 Å². The number of carbonyl (C=O) groups excluding carboxylic acids is 1. The van der Waals surface area contributed by atoms with Crippen molar-refractivity contribution < 1.29 is 9.53 Å². The minimum Gasteiger partial charge on any atom is -0.495 e. The number of amides is 1. The number of nitrogens with zero attached hydrogens (tertiary/aromatic N) is 3. The summed E-state index contributed by atoms with van der Waals surface area (Å²) in [6.45, 7) is 3.64. The third-order valence-electron chi connectivity index (χ3n) is 5.63.